The normalized spacial score (nSPS) is 12.1. The predicted octanol–water partition coefficient (Wildman–Crippen LogP) is 3.20. The fourth-order valence-electron chi connectivity index (χ4n) is 3.18. The number of aromatic nitrogens is 2. The van der Waals surface area contributed by atoms with E-state index in [1.165, 1.54) is 52.8 Å². The van der Waals surface area contributed by atoms with E-state index >= 15 is 0 Å². The van der Waals surface area contributed by atoms with E-state index in [1.807, 2.05) is 13.8 Å². The highest BCUT2D eigenvalue weighted by Gasteiger charge is 2.23. The zero-order valence-electron chi connectivity index (χ0n) is 19.1. The van der Waals surface area contributed by atoms with Gasteiger partial charge in [0.2, 0.25) is 15.9 Å². The van der Waals surface area contributed by atoms with Gasteiger partial charge in [0.25, 0.3) is 5.91 Å². The number of benzene rings is 2. The number of nitrogens with zero attached hydrogens (tertiary/aromatic N) is 3. The number of sulfone groups is 1. The Labute approximate surface area is 199 Å². The van der Waals surface area contributed by atoms with Crippen LogP contribution in [0, 0.1) is 0 Å². The minimum atomic E-state index is -3.64. The molecule has 0 fully saturated rings. The fraction of sp³-hybridized carbons (Fsp3) is 0.318. The molecular weight excluding hydrogens is 480 g/mol. The van der Waals surface area contributed by atoms with Crippen LogP contribution in [0.4, 0.5) is 6.01 Å². The van der Waals surface area contributed by atoms with Gasteiger partial charge in [-0.15, -0.1) is 5.10 Å². The largest absolute Gasteiger partial charge is 0.403 e. The summed E-state index contributed by atoms with van der Waals surface area (Å²) >= 11 is 0. The Kier molecular flexibility index (Phi) is 7.85. The van der Waals surface area contributed by atoms with Crippen LogP contribution in [0.15, 0.2) is 62.7 Å². The van der Waals surface area contributed by atoms with Crippen LogP contribution in [0.5, 0.6) is 0 Å². The highest BCUT2D eigenvalue weighted by molar-refractivity contribution is 7.90. The van der Waals surface area contributed by atoms with Crippen LogP contribution < -0.4 is 5.32 Å². The molecule has 0 unspecified atom stereocenters. The monoisotopic (exact) mass is 506 g/mol. The zero-order valence-corrected chi connectivity index (χ0v) is 20.7. The molecule has 3 aromatic rings. The van der Waals surface area contributed by atoms with E-state index in [0.29, 0.717) is 31.5 Å². The van der Waals surface area contributed by atoms with Crippen LogP contribution in [0.1, 0.15) is 37.0 Å². The van der Waals surface area contributed by atoms with E-state index in [1.54, 1.807) is 0 Å². The first-order valence-corrected chi connectivity index (χ1v) is 13.9. The van der Waals surface area contributed by atoms with E-state index in [-0.39, 0.29) is 27.3 Å². The summed E-state index contributed by atoms with van der Waals surface area (Å²) in [5.74, 6) is -0.450. The quantitative estimate of drug-likeness (QED) is 0.442. The number of hydrogen-bond acceptors (Lipinski definition) is 8. The smallest absolute Gasteiger partial charge is 0.322 e. The Morgan fingerprint density at radius 3 is 1.97 bits per heavy atom. The second kappa shape index (κ2) is 10.5. The molecule has 12 heteroatoms. The highest BCUT2D eigenvalue weighted by atomic mass is 32.2. The van der Waals surface area contributed by atoms with E-state index in [0.717, 1.165) is 6.26 Å². The van der Waals surface area contributed by atoms with Gasteiger partial charge >= 0.3 is 6.01 Å². The zero-order chi connectivity index (χ0) is 24.9. The average molecular weight is 507 g/mol. The Morgan fingerprint density at radius 1 is 0.882 bits per heavy atom. The molecular formula is C22H26N4O6S2. The molecule has 0 bridgehead atoms. The van der Waals surface area contributed by atoms with Crippen LogP contribution in [-0.2, 0) is 19.9 Å². The molecule has 0 aliphatic carbocycles. The maximum atomic E-state index is 12.9. The minimum Gasteiger partial charge on any atom is -0.403 e. The van der Waals surface area contributed by atoms with Crippen molar-refractivity contribution in [3.05, 3.63) is 54.1 Å². The standard InChI is InChI=1S/C22H26N4O6S2/c1-4-14-26(15-5-2)34(30,31)19-12-6-16(7-13-19)20(27)23-22-25-24-21(32-22)17-8-10-18(11-9-17)33(3,28)29/h6-13H,4-5,14-15H2,1-3H3,(H,23,25,27). The Morgan fingerprint density at radius 2 is 1.44 bits per heavy atom. The summed E-state index contributed by atoms with van der Waals surface area (Å²) < 4.78 is 55.7. The molecule has 0 radical (unpaired) electrons. The summed E-state index contributed by atoms with van der Waals surface area (Å²) in [5.41, 5.74) is 0.701. The lowest BCUT2D eigenvalue weighted by atomic mass is 10.2. The summed E-state index contributed by atoms with van der Waals surface area (Å²) in [4.78, 5) is 12.8. The molecule has 0 aliphatic heterocycles. The van der Waals surface area contributed by atoms with Gasteiger partial charge in [0.1, 0.15) is 0 Å². The van der Waals surface area contributed by atoms with Gasteiger partial charge in [-0.1, -0.05) is 18.9 Å². The molecule has 182 valence electrons. The van der Waals surface area contributed by atoms with Crippen LogP contribution in [0.2, 0.25) is 0 Å². The van der Waals surface area contributed by atoms with E-state index in [9.17, 15) is 21.6 Å². The molecule has 1 aromatic heterocycles. The molecule has 3 rings (SSSR count). The lowest BCUT2D eigenvalue weighted by Crippen LogP contribution is -2.32. The van der Waals surface area contributed by atoms with Crippen molar-refractivity contribution in [2.24, 2.45) is 0 Å². The predicted molar refractivity (Wildman–Crippen MR) is 127 cm³/mol. The topological polar surface area (TPSA) is 140 Å². The van der Waals surface area contributed by atoms with Gasteiger partial charge in [-0.05, 0) is 61.4 Å². The third-order valence-electron chi connectivity index (χ3n) is 4.88. The van der Waals surface area contributed by atoms with E-state index in [4.69, 9.17) is 4.42 Å². The molecule has 0 spiro atoms. The summed E-state index contributed by atoms with van der Waals surface area (Å²) in [6.07, 6.45) is 2.51. The second-order valence-corrected chi connectivity index (χ2v) is 11.5. The van der Waals surface area contributed by atoms with Gasteiger partial charge in [0.05, 0.1) is 9.79 Å². The number of nitrogens with one attached hydrogen (secondary N) is 1. The summed E-state index contributed by atoms with van der Waals surface area (Å²) in [7, 11) is -6.97. The number of hydrogen-bond donors (Lipinski definition) is 1. The Hall–Kier alpha value is -3.09. The highest BCUT2D eigenvalue weighted by Crippen LogP contribution is 2.22. The number of amides is 1. The summed E-state index contributed by atoms with van der Waals surface area (Å²) in [6, 6.07) is 11.4. The van der Waals surface area contributed by atoms with Crippen LogP contribution in [-0.4, -0.2) is 56.6 Å². The molecule has 0 saturated heterocycles. The van der Waals surface area contributed by atoms with Gasteiger partial charge in [-0.3, -0.25) is 10.1 Å². The maximum absolute atomic E-state index is 12.9. The molecule has 10 nitrogen and oxygen atoms in total. The summed E-state index contributed by atoms with van der Waals surface area (Å²) in [6.45, 7) is 4.68. The molecule has 0 atom stereocenters. The van der Waals surface area contributed by atoms with Crippen molar-refractivity contribution in [1.82, 2.24) is 14.5 Å². The SMILES string of the molecule is CCCN(CCC)S(=O)(=O)c1ccc(C(=O)Nc2nnc(-c3ccc(S(C)(=O)=O)cc3)o2)cc1. The van der Waals surface area contributed by atoms with Gasteiger partial charge in [0.15, 0.2) is 9.84 Å². The molecule has 1 heterocycles. The van der Waals surface area contributed by atoms with Crippen molar-refractivity contribution in [3.8, 4) is 11.5 Å². The van der Waals surface area contributed by atoms with Crippen molar-refractivity contribution in [1.29, 1.82) is 0 Å². The third-order valence-corrected chi connectivity index (χ3v) is 7.92. The first-order chi connectivity index (χ1) is 16.1. The summed E-state index contributed by atoms with van der Waals surface area (Å²) in [5, 5.41) is 10.1. The molecule has 0 aliphatic rings. The number of rotatable bonds is 10. The lowest BCUT2D eigenvalue weighted by Gasteiger charge is -2.21. The first kappa shape index (κ1) is 25.5. The number of anilines is 1. The van der Waals surface area contributed by atoms with Gasteiger partial charge in [-0.2, -0.15) is 4.31 Å². The second-order valence-electron chi connectivity index (χ2n) is 7.59. The number of carbonyl (C=O) groups is 1. The third kappa shape index (κ3) is 5.88. The Bertz CT molecular complexity index is 1340. The average Bonchev–Trinajstić information content (AvgIpc) is 3.27. The van der Waals surface area contributed by atoms with Gasteiger partial charge in [-0.25, -0.2) is 16.8 Å². The first-order valence-electron chi connectivity index (χ1n) is 10.6. The minimum absolute atomic E-state index is 0.101. The van der Waals surface area contributed by atoms with Crippen molar-refractivity contribution >= 4 is 31.8 Å². The molecule has 34 heavy (non-hydrogen) atoms. The van der Waals surface area contributed by atoms with Crippen molar-refractivity contribution < 1.29 is 26.0 Å². The number of sulfonamides is 1. The van der Waals surface area contributed by atoms with Crippen molar-refractivity contribution in [2.75, 3.05) is 24.7 Å². The molecule has 1 N–H and O–H groups in total. The van der Waals surface area contributed by atoms with Gasteiger partial charge < -0.3 is 4.42 Å². The van der Waals surface area contributed by atoms with E-state index in [2.05, 4.69) is 15.5 Å². The lowest BCUT2D eigenvalue weighted by molar-refractivity contribution is 0.102. The molecule has 1 amide bonds. The number of carbonyl (C=O) groups excluding carboxylic acids is 1. The molecule has 2 aromatic carbocycles. The van der Waals surface area contributed by atoms with Crippen molar-refractivity contribution in [2.45, 2.75) is 36.5 Å². The van der Waals surface area contributed by atoms with E-state index < -0.39 is 25.8 Å². The Balaban J connectivity index is 1.71. The van der Waals surface area contributed by atoms with Crippen LogP contribution >= 0.6 is 0 Å². The van der Waals surface area contributed by atoms with Crippen LogP contribution in [0.3, 0.4) is 0 Å². The van der Waals surface area contributed by atoms with Gasteiger partial charge in [0, 0.05) is 30.5 Å². The fourth-order valence-corrected chi connectivity index (χ4v) is 5.44. The van der Waals surface area contributed by atoms with Crippen LogP contribution in [0.25, 0.3) is 11.5 Å². The maximum Gasteiger partial charge on any atom is 0.322 e. The molecule has 0 saturated carbocycles. The van der Waals surface area contributed by atoms with Crippen molar-refractivity contribution in [3.63, 3.8) is 0 Å².